The molecular weight excluding hydrogens is 256 g/mol. The molecule has 0 radical (unpaired) electrons. The van der Waals surface area contributed by atoms with Crippen LogP contribution in [0.2, 0.25) is 0 Å². The summed E-state index contributed by atoms with van der Waals surface area (Å²) in [4.78, 5) is 25.9. The molecule has 5 nitrogen and oxygen atoms in total. The molecule has 2 unspecified atom stereocenters. The number of carbonyl (C=O) groups is 2. The van der Waals surface area contributed by atoms with E-state index in [1.807, 2.05) is 12.2 Å². The van der Waals surface area contributed by atoms with Crippen LogP contribution in [0.25, 0.3) is 0 Å². The monoisotopic (exact) mass is 280 g/mol. The highest BCUT2D eigenvalue weighted by Gasteiger charge is 2.35. The summed E-state index contributed by atoms with van der Waals surface area (Å²) >= 11 is 0. The van der Waals surface area contributed by atoms with E-state index in [0.717, 1.165) is 19.4 Å². The maximum atomic E-state index is 12.3. The number of carboxylic acids is 1. The van der Waals surface area contributed by atoms with Crippen molar-refractivity contribution in [3.05, 3.63) is 12.2 Å². The highest BCUT2D eigenvalue weighted by atomic mass is 16.4. The van der Waals surface area contributed by atoms with Crippen LogP contribution >= 0.6 is 0 Å². The fraction of sp³-hybridized carbons (Fsp3) is 0.733. The second kappa shape index (κ2) is 6.39. The third-order valence-electron chi connectivity index (χ3n) is 4.64. The quantitative estimate of drug-likeness (QED) is 0.763. The Labute approximate surface area is 120 Å². The molecule has 1 saturated heterocycles. The molecule has 1 aliphatic heterocycles. The van der Waals surface area contributed by atoms with Crippen LogP contribution in [0, 0.1) is 11.8 Å². The van der Waals surface area contributed by atoms with E-state index >= 15 is 0 Å². The van der Waals surface area contributed by atoms with Crippen LogP contribution in [0.5, 0.6) is 0 Å². The molecule has 4 atom stereocenters. The molecule has 112 valence electrons. The fourth-order valence-corrected chi connectivity index (χ4v) is 3.11. The van der Waals surface area contributed by atoms with Crippen molar-refractivity contribution in [2.75, 3.05) is 13.6 Å². The second-order valence-electron chi connectivity index (χ2n) is 6.05. The van der Waals surface area contributed by atoms with Crippen LogP contribution in [0.3, 0.4) is 0 Å². The van der Waals surface area contributed by atoms with Crippen molar-refractivity contribution in [2.45, 2.75) is 44.7 Å². The Morgan fingerprint density at radius 2 is 1.90 bits per heavy atom. The minimum Gasteiger partial charge on any atom is -0.481 e. The SMILES string of the molecule is CC1CC(NC(=O)[C@@H]2CC=CC[C@@H]2C(=O)O)CCN1C. The Kier molecular flexibility index (Phi) is 4.81. The predicted octanol–water partition coefficient (Wildman–Crippen LogP) is 1.25. The predicted molar refractivity (Wildman–Crippen MR) is 76.2 cm³/mol. The highest BCUT2D eigenvalue weighted by molar-refractivity contribution is 5.85. The van der Waals surface area contributed by atoms with Crippen molar-refractivity contribution in [2.24, 2.45) is 11.8 Å². The van der Waals surface area contributed by atoms with Crippen molar-refractivity contribution in [1.29, 1.82) is 0 Å². The number of rotatable bonds is 3. The van der Waals surface area contributed by atoms with Crippen LogP contribution in [-0.2, 0) is 9.59 Å². The molecule has 0 aromatic rings. The summed E-state index contributed by atoms with van der Waals surface area (Å²) in [6.45, 7) is 3.13. The van der Waals surface area contributed by atoms with Crippen LogP contribution in [0.15, 0.2) is 12.2 Å². The van der Waals surface area contributed by atoms with Gasteiger partial charge in [-0.3, -0.25) is 9.59 Å². The number of carboxylic acid groups (broad SMARTS) is 1. The number of hydrogen-bond donors (Lipinski definition) is 2. The van der Waals surface area contributed by atoms with Crippen molar-refractivity contribution in [1.82, 2.24) is 10.2 Å². The lowest BCUT2D eigenvalue weighted by Gasteiger charge is -2.36. The van der Waals surface area contributed by atoms with Crippen LogP contribution < -0.4 is 5.32 Å². The second-order valence-corrected chi connectivity index (χ2v) is 6.05. The number of carbonyl (C=O) groups excluding carboxylic acids is 1. The number of nitrogens with one attached hydrogen (secondary N) is 1. The molecule has 1 heterocycles. The van der Waals surface area contributed by atoms with Crippen molar-refractivity contribution in [3.63, 3.8) is 0 Å². The van der Waals surface area contributed by atoms with Crippen LogP contribution in [0.1, 0.15) is 32.6 Å². The molecule has 0 spiro atoms. The van der Waals surface area contributed by atoms with Gasteiger partial charge in [0.15, 0.2) is 0 Å². The normalized spacial score (nSPS) is 34.7. The first-order valence-electron chi connectivity index (χ1n) is 7.37. The van der Waals surface area contributed by atoms with Gasteiger partial charge in [0.05, 0.1) is 11.8 Å². The highest BCUT2D eigenvalue weighted by Crippen LogP contribution is 2.27. The van der Waals surface area contributed by atoms with Gasteiger partial charge in [0, 0.05) is 18.6 Å². The molecule has 0 aromatic heterocycles. The Balaban J connectivity index is 1.94. The summed E-state index contributed by atoms with van der Waals surface area (Å²) in [6, 6.07) is 0.629. The van der Waals surface area contributed by atoms with Gasteiger partial charge in [0.2, 0.25) is 5.91 Å². The van der Waals surface area contributed by atoms with Crippen molar-refractivity contribution < 1.29 is 14.7 Å². The summed E-state index contributed by atoms with van der Waals surface area (Å²) in [5.41, 5.74) is 0. The molecule has 2 aliphatic rings. The van der Waals surface area contributed by atoms with Gasteiger partial charge in [-0.25, -0.2) is 0 Å². The largest absolute Gasteiger partial charge is 0.481 e. The van der Waals surface area contributed by atoms with E-state index in [1.54, 1.807) is 0 Å². The topological polar surface area (TPSA) is 69.6 Å². The molecule has 5 heteroatoms. The summed E-state index contributed by atoms with van der Waals surface area (Å²) in [5.74, 6) is -1.97. The summed E-state index contributed by atoms with van der Waals surface area (Å²) in [6.07, 6.45) is 6.64. The summed E-state index contributed by atoms with van der Waals surface area (Å²) in [7, 11) is 2.09. The maximum absolute atomic E-state index is 12.3. The maximum Gasteiger partial charge on any atom is 0.307 e. The molecular formula is C15H24N2O3. The summed E-state index contributed by atoms with van der Waals surface area (Å²) < 4.78 is 0. The molecule has 1 aliphatic carbocycles. The molecule has 20 heavy (non-hydrogen) atoms. The number of nitrogens with zero attached hydrogens (tertiary/aromatic N) is 1. The molecule has 2 rings (SSSR count). The van der Waals surface area contributed by atoms with Gasteiger partial charge >= 0.3 is 5.97 Å². The van der Waals surface area contributed by atoms with Crippen LogP contribution in [-0.4, -0.2) is 47.6 Å². The molecule has 0 saturated carbocycles. The zero-order valence-electron chi connectivity index (χ0n) is 12.2. The van der Waals surface area contributed by atoms with E-state index in [0.29, 0.717) is 18.9 Å². The third kappa shape index (κ3) is 3.39. The average molecular weight is 280 g/mol. The van der Waals surface area contributed by atoms with Crippen LogP contribution in [0.4, 0.5) is 0 Å². The van der Waals surface area contributed by atoms with E-state index in [9.17, 15) is 14.7 Å². The Hall–Kier alpha value is -1.36. The lowest BCUT2D eigenvalue weighted by atomic mass is 9.82. The molecule has 1 fully saturated rings. The van der Waals surface area contributed by atoms with Crippen molar-refractivity contribution >= 4 is 11.9 Å². The standard InChI is InChI=1S/C15H24N2O3/c1-10-9-11(7-8-17(10)2)16-14(18)12-5-3-4-6-13(12)15(19)20/h3-4,10-13H,5-9H2,1-2H3,(H,16,18)(H,19,20)/t10?,11?,12-,13+/m1/s1. The van der Waals surface area contributed by atoms with E-state index in [2.05, 4.69) is 24.2 Å². The van der Waals surface area contributed by atoms with Gasteiger partial charge in [-0.15, -0.1) is 0 Å². The first-order chi connectivity index (χ1) is 9.49. The van der Waals surface area contributed by atoms with Crippen molar-refractivity contribution in [3.8, 4) is 0 Å². The Morgan fingerprint density at radius 1 is 1.25 bits per heavy atom. The Morgan fingerprint density at radius 3 is 2.50 bits per heavy atom. The number of allylic oxidation sites excluding steroid dienone is 2. The minimum atomic E-state index is -0.869. The number of amides is 1. The summed E-state index contributed by atoms with van der Waals surface area (Å²) in [5, 5.41) is 12.3. The molecule has 0 bridgehead atoms. The van der Waals surface area contributed by atoms with Gasteiger partial charge in [-0.1, -0.05) is 12.2 Å². The lowest BCUT2D eigenvalue weighted by molar-refractivity contribution is -0.147. The number of piperidine rings is 1. The van der Waals surface area contributed by atoms with E-state index in [1.165, 1.54) is 0 Å². The zero-order chi connectivity index (χ0) is 14.7. The lowest BCUT2D eigenvalue weighted by Crippen LogP contribution is -2.50. The van der Waals surface area contributed by atoms with Gasteiger partial charge < -0.3 is 15.3 Å². The first-order valence-corrected chi connectivity index (χ1v) is 7.37. The van der Waals surface area contributed by atoms with Gasteiger partial charge in [-0.2, -0.15) is 0 Å². The Bertz CT molecular complexity index is 408. The molecule has 2 N–H and O–H groups in total. The van der Waals surface area contributed by atoms with E-state index in [-0.39, 0.29) is 11.9 Å². The van der Waals surface area contributed by atoms with Gasteiger partial charge in [0.25, 0.3) is 0 Å². The number of hydrogen-bond acceptors (Lipinski definition) is 3. The number of aliphatic carboxylic acids is 1. The third-order valence-corrected chi connectivity index (χ3v) is 4.64. The number of likely N-dealkylation sites (tertiary alicyclic amines) is 1. The molecule has 1 amide bonds. The smallest absolute Gasteiger partial charge is 0.307 e. The van der Waals surface area contributed by atoms with E-state index < -0.39 is 17.8 Å². The van der Waals surface area contributed by atoms with Gasteiger partial charge in [-0.05, 0) is 39.7 Å². The first kappa shape index (κ1) is 15.0. The minimum absolute atomic E-state index is 0.0940. The van der Waals surface area contributed by atoms with Gasteiger partial charge in [0.1, 0.15) is 0 Å². The fourth-order valence-electron chi connectivity index (χ4n) is 3.11. The van der Waals surface area contributed by atoms with E-state index in [4.69, 9.17) is 0 Å². The molecule has 0 aromatic carbocycles. The zero-order valence-corrected chi connectivity index (χ0v) is 12.2. The average Bonchev–Trinajstić information content (AvgIpc) is 2.43.